The second-order valence-electron chi connectivity index (χ2n) is 6.14. The van der Waals surface area contributed by atoms with Crippen LogP contribution in [0.2, 0.25) is 0 Å². The van der Waals surface area contributed by atoms with E-state index in [-0.39, 0.29) is 22.6 Å². The van der Waals surface area contributed by atoms with Crippen molar-refractivity contribution >= 4 is 21.6 Å². The lowest BCUT2D eigenvalue weighted by Crippen LogP contribution is -2.49. The van der Waals surface area contributed by atoms with Crippen LogP contribution in [0, 0.1) is 5.82 Å². The Hall–Kier alpha value is -2.39. The van der Waals surface area contributed by atoms with E-state index in [0.29, 0.717) is 31.9 Å². The van der Waals surface area contributed by atoms with Crippen molar-refractivity contribution in [3.8, 4) is 0 Å². The summed E-state index contributed by atoms with van der Waals surface area (Å²) in [7, 11) is -0.944. The highest BCUT2D eigenvalue weighted by molar-refractivity contribution is 7.88. The van der Waals surface area contributed by atoms with Crippen LogP contribution in [0.1, 0.15) is 10.6 Å². The quantitative estimate of drug-likeness (QED) is 0.805. The molecular weight excluding hydrogens is 361 g/mol. The Labute approximate surface area is 151 Å². The van der Waals surface area contributed by atoms with Gasteiger partial charge in [-0.15, -0.1) is 0 Å². The minimum atomic E-state index is -3.72. The number of piperazine rings is 1. The number of para-hydroxylation sites is 1. The van der Waals surface area contributed by atoms with Gasteiger partial charge in [0.25, 0.3) is 15.9 Å². The van der Waals surface area contributed by atoms with Crippen molar-refractivity contribution in [2.24, 2.45) is 0 Å². The molecule has 0 radical (unpaired) electrons. The van der Waals surface area contributed by atoms with Gasteiger partial charge in [-0.05, 0) is 24.3 Å². The van der Waals surface area contributed by atoms with Gasteiger partial charge in [0.1, 0.15) is 5.82 Å². The molecule has 0 spiro atoms. The molecule has 0 aliphatic carbocycles. The number of hydrogen-bond donors (Lipinski definition) is 0. The van der Waals surface area contributed by atoms with Crippen LogP contribution in [0.4, 0.5) is 10.1 Å². The maximum Gasteiger partial charge on any atom is 0.289 e. The third-order valence-electron chi connectivity index (χ3n) is 4.29. The number of carbonyl (C=O) groups is 1. The second kappa shape index (κ2) is 7.08. The fourth-order valence-electron chi connectivity index (χ4n) is 2.77. The summed E-state index contributed by atoms with van der Waals surface area (Å²) in [6.45, 7) is 1.75. The summed E-state index contributed by atoms with van der Waals surface area (Å²) < 4.78 is 44.2. The van der Waals surface area contributed by atoms with Crippen LogP contribution in [0.3, 0.4) is 0 Å². The number of hydrogen-bond acceptors (Lipinski definition) is 5. The number of furan rings is 1. The Bertz CT molecular complexity index is 902. The highest BCUT2D eigenvalue weighted by Gasteiger charge is 2.28. The Morgan fingerprint density at radius 3 is 2.35 bits per heavy atom. The monoisotopic (exact) mass is 381 g/mol. The molecule has 3 rings (SSSR count). The molecule has 2 aromatic rings. The molecule has 1 amide bonds. The summed E-state index contributed by atoms with van der Waals surface area (Å²) in [6.07, 6.45) is 0. The third-order valence-corrected chi connectivity index (χ3v) is 5.98. The van der Waals surface area contributed by atoms with Crippen molar-refractivity contribution in [2.45, 2.75) is 5.09 Å². The van der Waals surface area contributed by atoms with Crippen LogP contribution in [0.25, 0.3) is 0 Å². The minimum Gasteiger partial charge on any atom is -0.438 e. The van der Waals surface area contributed by atoms with Gasteiger partial charge in [0, 0.05) is 40.3 Å². The number of anilines is 1. The zero-order chi connectivity index (χ0) is 18.9. The number of sulfonamides is 1. The predicted octanol–water partition coefficient (Wildman–Crippen LogP) is 1.63. The molecule has 140 valence electrons. The lowest BCUT2D eigenvalue weighted by atomic mass is 10.2. The molecule has 1 aromatic heterocycles. The Morgan fingerprint density at radius 1 is 1.08 bits per heavy atom. The van der Waals surface area contributed by atoms with Crippen molar-refractivity contribution in [1.82, 2.24) is 9.21 Å². The van der Waals surface area contributed by atoms with Crippen LogP contribution >= 0.6 is 0 Å². The first-order valence-corrected chi connectivity index (χ1v) is 9.56. The van der Waals surface area contributed by atoms with Crippen LogP contribution in [0.5, 0.6) is 0 Å². The van der Waals surface area contributed by atoms with Crippen molar-refractivity contribution < 1.29 is 22.0 Å². The van der Waals surface area contributed by atoms with Crippen LogP contribution < -0.4 is 4.90 Å². The van der Waals surface area contributed by atoms with E-state index in [1.807, 2.05) is 4.90 Å². The number of benzene rings is 1. The molecule has 0 bridgehead atoms. The first-order valence-electron chi connectivity index (χ1n) is 8.12. The van der Waals surface area contributed by atoms with E-state index in [0.717, 1.165) is 4.31 Å². The van der Waals surface area contributed by atoms with E-state index in [9.17, 15) is 17.6 Å². The van der Waals surface area contributed by atoms with E-state index in [1.165, 1.54) is 32.3 Å². The molecule has 1 aliphatic heterocycles. The first kappa shape index (κ1) is 18.4. The van der Waals surface area contributed by atoms with Crippen molar-refractivity contribution in [3.63, 3.8) is 0 Å². The zero-order valence-corrected chi connectivity index (χ0v) is 15.4. The summed E-state index contributed by atoms with van der Waals surface area (Å²) in [5.41, 5.74) is 0.511. The summed E-state index contributed by atoms with van der Waals surface area (Å²) in [5.74, 6) is -0.694. The molecule has 2 heterocycles. The van der Waals surface area contributed by atoms with E-state index in [4.69, 9.17) is 4.42 Å². The summed E-state index contributed by atoms with van der Waals surface area (Å²) >= 11 is 0. The van der Waals surface area contributed by atoms with Gasteiger partial charge >= 0.3 is 0 Å². The molecule has 7 nitrogen and oxygen atoms in total. The van der Waals surface area contributed by atoms with Gasteiger partial charge in [-0.3, -0.25) is 4.79 Å². The van der Waals surface area contributed by atoms with Gasteiger partial charge < -0.3 is 14.2 Å². The van der Waals surface area contributed by atoms with Gasteiger partial charge in [-0.2, -0.15) is 0 Å². The molecule has 0 atom stereocenters. The third kappa shape index (κ3) is 3.45. The maximum absolute atomic E-state index is 13.9. The lowest BCUT2D eigenvalue weighted by molar-refractivity contribution is 0.0708. The molecule has 26 heavy (non-hydrogen) atoms. The van der Waals surface area contributed by atoms with E-state index in [2.05, 4.69) is 0 Å². The Morgan fingerprint density at radius 2 is 1.73 bits per heavy atom. The van der Waals surface area contributed by atoms with Gasteiger partial charge in [0.05, 0.1) is 5.69 Å². The molecular formula is C17H20FN3O4S. The molecule has 9 heteroatoms. The van der Waals surface area contributed by atoms with Crippen LogP contribution in [-0.2, 0) is 10.0 Å². The second-order valence-corrected chi connectivity index (χ2v) is 8.22. The average Bonchev–Trinajstić information content (AvgIpc) is 3.12. The summed E-state index contributed by atoms with van der Waals surface area (Å²) in [4.78, 5) is 16.0. The largest absolute Gasteiger partial charge is 0.438 e. The minimum absolute atomic E-state index is 0.0234. The Balaban J connectivity index is 1.68. The molecule has 0 unspecified atom stereocenters. The average molecular weight is 381 g/mol. The number of rotatable bonds is 4. The Kier molecular flexibility index (Phi) is 5.01. The fourth-order valence-corrected chi connectivity index (χ4v) is 3.56. The summed E-state index contributed by atoms with van der Waals surface area (Å²) in [5, 5.41) is -0.268. The lowest BCUT2D eigenvalue weighted by Gasteiger charge is -2.35. The molecule has 1 fully saturated rings. The van der Waals surface area contributed by atoms with Gasteiger partial charge in [-0.1, -0.05) is 12.1 Å². The topological polar surface area (TPSA) is 74.1 Å². The molecule has 0 N–H and O–H groups in total. The van der Waals surface area contributed by atoms with Gasteiger partial charge in [-0.25, -0.2) is 17.1 Å². The van der Waals surface area contributed by atoms with Gasteiger partial charge in [0.2, 0.25) is 5.09 Å². The standard InChI is InChI=1S/C17H20FN3O4S/c1-19(2)26(23,24)16-8-7-15(25-16)17(22)21-11-9-20(10-12-21)14-6-4-3-5-13(14)18/h3-8H,9-12H2,1-2H3. The predicted molar refractivity (Wildman–Crippen MR) is 94.1 cm³/mol. The fraction of sp³-hybridized carbons (Fsp3) is 0.353. The van der Waals surface area contributed by atoms with Crippen LogP contribution in [-0.4, -0.2) is 63.8 Å². The van der Waals surface area contributed by atoms with Gasteiger partial charge in [0.15, 0.2) is 5.76 Å². The van der Waals surface area contributed by atoms with E-state index >= 15 is 0 Å². The highest BCUT2D eigenvalue weighted by atomic mass is 32.2. The maximum atomic E-state index is 13.9. The van der Waals surface area contributed by atoms with Crippen molar-refractivity contribution in [1.29, 1.82) is 0 Å². The number of halogens is 1. The SMILES string of the molecule is CN(C)S(=O)(=O)c1ccc(C(=O)N2CCN(c3ccccc3F)CC2)o1. The van der Waals surface area contributed by atoms with Crippen molar-refractivity contribution in [2.75, 3.05) is 45.2 Å². The molecule has 1 saturated heterocycles. The molecule has 1 aliphatic rings. The highest BCUT2D eigenvalue weighted by Crippen LogP contribution is 2.22. The molecule has 0 saturated carbocycles. The van der Waals surface area contributed by atoms with Crippen molar-refractivity contribution in [3.05, 3.63) is 48.0 Å². The smallest absolute Gasteiger partial charge is 0.289 e. The first-order chi connectivity index (χ1) is 12.3. The molecule has 1 aromatic carbocycles. The number of carbonyl (C=O) groups excluding carboxylic acids is 1. The normalized spacial score (nSPS) is 15.5. The number of nitrogens with zero attached hydrogens (tertiary/aromatic N) is 3. The van der Waals surface area contributed by atoms with E-state index in [1.54, 1.807) is 23.1 Å². The van der Waals surface area contributed by atoms with E-state index < -0.39 is 10.0 Å². The number of amides is 1. The zero-order valence-electron chi connectivity index (χ0n) is 14.6. The summed E-state index contributed by atoms with van der Waals surface area (Å²) in [6, 6.07) is 9.15. The van der Waals surface area contributed by atoms with Crippen LogP contribution in [0.15, 0.2) is 45.9 Å².